The Morgan fingerprint density at radius 2 is 2.17 bits per heavy atom. The fourth-order valence-corrected chi connectivity index (χ4v) is 1.39. The number of carbonyl (C=O) groups is 1. The lowest BCUT2D eigenvalue weighted by molar-refractivity contribution is 0.0554. The van der Waals surface area contributed by atoms with Crippen LogP contribution in [0.4, 0.5) is 10.6 Å². The molecule has 100 valence electrons. The van der Waals surface area contributed by atoms with Gasteiger partial charge in [0, 0.05) is 6.20 Å². The minimum atomic E-state index is -0.584. The fraction of sp³-hybridized carbons (Fsp3) is 0.538. The maximum atomic E-state index is 12.1. The molecule has 0 spiro atoms. The second kappa shape index (κ2) is 5.82. The molecule has 1 amide bonds. The molecule has 0 unspecified atom stereocenters. The first-order valence-corrected chi connectivity index (χ1v) is 5.89. The Hall–Kier alpha value is -1.62. The van der Waals surface area contributed by atoms with Crippen molar-refractivity contribution in [3.63, 3.8) is 0 Å². The zero-order valence-corrected chi connectivity index (χ0v) is 11.3. The summed E-state index contributed by atoms with van der Waals surface area (Å²) in [5.41, 5.74) is -0.584. The van der Waals surface area contributed by atoms with Gasteiger partial charge in [0.25, 0.3) is 0 Å². The molecule has 0 saturated heterocycles. The summed E-state index contributed by atoms with van der Waals surface area (Å²) in [4.78, 5) is 17.6. The zero-order chi connectivity index (χ0) is 13.8. The van der Waals surface area contributed by atoms with Crippen LogP contribution in [0.1, 0.15) is 27.7 Å². The van der Waals surface area contributed by atoms with Crippen LogP contribution in [0.5, 0.6) is 0 Å². The predicted octanol–water partition coefficient (Wildman–Crippen LogP) is 2.20. The number of aliphatic hydroxyl groups excluding tert-OH is 1. The van der Waals surface area contributed by atoms with Crippen molar-refractivity contribution in [2.24, 2.45) is 0 Å². The number of pyridine rings is 1. The fourth-order valence-electron chi connectivity index (χ4n) is 1.39. The second-order valence-electron chi connectivity index (χ2n) is 5.07. The Kier molecular flexibility index (Phi) is 4.67. The van der Waals surface area contributed by atoms with Crippen LogP contribution in [0.25, 0.3) is 0 Å². The molecule has 0 radical (unpaired) electrons. The first kappa shape index (κ1) is 14.4. The highest BCUT2D eigenvalue weighted by molar-refractivity contribution is 5.87. The van der Waals surface area contributed by atoms with E-state index in [1.165, 1.54) is 4.90 Å². The molecular weight excluding hydrogens is 232 g/mol. The van der Waals surface area contributed by atoms with E-state index in [1.54, 1.807) is 52.1 Å². The summed E-state index contributed by atoms with van der Waals surface area (Å²) in [6.07, 6.45) is 1.08. The number of hydrogen-bond acceptors (Lipinski definition) is 4. The molecule has 5 heteroatoms. The number of anilines is 1. The summed E-state index contributed by atoms with van der Waals surface area (Å²) in [5, 5.41) is 9.24. The molecule has 0 aliphatic heterocycles. The van der Waals surface area contributed by atoms with Gasteiger partial charge in [0.1, 0.15) is 11.4 Å². The van der Waals surface area contributed by atoms with Crippen molar-refractivity contribution in [2.45, 2.75) is 39.3 Å². The average molecular weight is 252 g/mol. The SMILES string of the molecule is C[C@@H](CO)N(C(=O)OC(C)(C)C)c1ccccn1. The second-order valence-corrected chi connectivity index (χ2v) is 5.07. The topological polar surface area (TPSA) is 62.7 Å². The lowest BCUT2D eigenvalue weighted by atomic mass is 10.2. The molecule has 1 aromatic heterocycles. The summed E-state index contributed by atoms with van der Waals surface area (Å²) in [6, 6.07) is 4.86. The van der Waals surface area contributed by atoms with E-state index in [4.69, 9.17) is 4.74 Å². The minimum Gasteiger partial charge on any atom is -0.443 e. The van der Waals surface area contributed by atoms with E-state index < -0.39 is 17.7 Å². The number of rotatable bonds is 3. The van der Waals surface area contributed by atoms with Gasteiger partial charge in [-0.25, -0.2) is 9.78 Å². The van der Waals surface area contributed by atoms with E-state index in [0.29, 0.717) is 5.82 Å². The summed E-state index contributed by atoms with van der Waals surface area (Å²) in [5.74, 6) is 0.466. The van der Waals surface area contributed by atoms with Crippen molar-refractivity contribution in [1.29, 1.82) is 0 Å². The summed E-state index contributed by atoms with van der Waals surface area (Å²) >= 11 is 0. The molecule has 1 aromatic rings. The number of carbonyl (C=O) groups excluding carboxylic acids is 1. The van der Waals surface area contributed by atoms with Crippen molar-refractivity contribution < 1.29 is 14.6 Å². The number of amides is 1. The van der Waals surface area contributed by atoms with E-state index >= 15 is 0 Å². The van der Waals surface area contributed by atoms with Crippen LogP contribution in [0.3, 0.4) is 0 Å². The van der Waals surface area contributed by atoms with Crippen molar-refractivity contribution >= 4 is 11.9 Å². The Bertz CT molecular complexity index is 387. The van der Waals surface area contributed by atoms with E-state index in [2.05, 4.69) is 4.98 Å². The molecule has 1 rings (SSSR count). The smallest absolute Gasteiger partial charge is 0.416 e. The van der Waals surface area contributed by atoms with Gasteiger partial charge in [-0.15, -0.1) is 0 Å². The van der Waals surface area contributed by atoms with Gasteiger partial charge in [-0.1, -0.05) is 6.07 Å². The molecule has 0 saturated carbocycles. The Morgan fingerprint density at radius 1 is 1.50 bits per heavy atom. The van der Waals surface area contributed by atoms with Crippen LogP contribution < -0.4 is 4.90 Å². The van der Waals surface area contributed by atoms with Crippen molar-refractivity contribution in [1.82, 2.24) is 4.98 Å². The Balaban J connectivity index is 2.96. The van der Waals surface area contributed by atoms with E-state index in [0.717, 1.165) is 0 Å². The number of nitrogens with zero attached hydrogens (tertiary/aromatic N) is 2. The molecule has 1 atom stereocenters. The van der Waals surface area contributed by atoms with Gasteiger partial charge in [-0.3, -0.25) is 4.90 Å². The highest BCUT2D eigenvalue weighted by atomic mass is 16.6. The first-order valence-electron chi connectivity index (χ1n) is 5.89. The van der Waals surface area contributed by atoms with Gasteiger partial charge in [0.15, 0.2) is 0 Å². The Labute approximate surface area is 107 Å². The number of aromatic nitrogens is 1. The predicted molar refractivity (Wildman–Crippen MR) is 69.5 cm³/mol. The van der Waals surface area contributed by atoms with Gasteiger partial charge >= 0.3 is 6.09 Å². The highest BCUT2D eigenvalue weighted by Crippen LogP contribution is 2.18. The largest absolute Gasteiger partial charge is 0.443 e. The summed E-state index contributed by atoms with van der Waals surface area (Å²) in [6.45, 7) is 6.97. The Morgan fingerprint density at radius 3 is 2.61 bits per heavy atom. The van der Waals surface area contributed by atoms with Gasteiger partial charge in [0.05, 0.1) is 12.6 Å². The maximum Gasteiger partial charge on any atom is 0.416 e. The first-order chi connectivity index (χ1) is 8.35. The third kappa shape index (κ3) is 4.00. The zero-order valence-electron chi connectivity index (χ0n) is 11.3. The minimum absolute atomic E-state index is 0.157. The lowest BCUT2D eigenvalue weighted by Crippen LogP contribution is -2.44. The third-order valence-corrected chi connectivity index (χ3v) is 2.19. The quantitative estimate of drug-likeness (QED) is 0.895. The molecule has 0 aliphatic rings. The standard InChI is InChI=1S/C13H20N2O3/c1-10(9-16)15(11-7-5-6-8-14-11)12(17)18-13(2,3)4/h5-8,10,16H,9H2,1-4H3/t10-/m0/s1. The molecule has 0 aliphatic carbocycles. The summed E-state index contributed by atoms with van der Waals surface area (Å²) in [7, 11) is 0. The number of aliphatic hydroxyl groups is 1. The third-order valence-electron chi connectivity index (χ3n) is 2.19. The van der Waals surface area contributed by atoms with Gasteiger partial charge in [-0.2, -0.15) is 0 Å². The van der Waals surface area contributed by atoms with Crippen molar-refractivity contribution in [2.75, 3.05) is 11.5 Å². The maximum absolute atomic E-state index is 12.1. The van der Waals surface area contributed by atoms with Crippen LogP contribution in [0.2, 0.25) is 0 Å². The van der Waals surface area contributed by atoms with Crippen LogP contribution in [0, 0.1) is 0 Å². The monoisotopic (exact) mass is 252 g/mol. The summed E-state index contributed by atoms with van der Waals surface area (Å²) < 4.78 is 5.31. The van der Waals surface area contributed by atoms with E-state index in [9.17, 15) is 9.90 Å². The number of ether oxygens (including phenoxy) is 1. The van der Waals surface area contributed by atoms with Crippen LogP contribution >= 0.6 is 0 Å². The molecule has 0 bridgehead atoms. The normalized spacial score (nSPS) is 12.9. The lowest BCUT2D eigenvalue weighted by Gasteiger charge is -2.30. The van der Waals surface area contributed by atoms with E-state index in [-0.39, 0.29) is 6.61 Å². The van der Waals surface area contributed by atoms with Crippen LogP contribution in [-0.2, 0) is 4.74 Å². The molecule has 0 fully saturated rings. The van der Waals surface area contributed by atoms with Gasteiger partial charge < -0.3 is 9.84 Å². The van der Waals surface area contributed by atoms with Gasteiger partial charge in [-0.05, 0) is 39.8 Å². The molecule has 1 N–H and O–H groups in total. The van der Waals surface area contributed by atoms with Crippen LogP contribution in [0.15, 0.2) is 24.4 Å². The molecule has 5 nitrogen and oxygen atoms in total. The molecular formula is C13H20N2O3. The highest BCUT2D eigenvalue weighted by Gasteiger charge is 2.27. The van der Waals surface area contributed by atoms with Crippen molar-refractivity contribution in [3.05, 3.63) is 24.4 Å². The van der Waals surface area contributed by atoms with Crippen molar-refractivity contribution in [3.8, 4) is 0 Å². The molecule has 0 aromatic carbocycles. The number of hydrogen-bond donors (Lipinski definition) is 1. The molecule has 1 heterocycles. The van der Waals surface area contributed by atoms with Gasteiger partial charge in [0.2, 0.25) is 0 Å². The van der Waals surface area contributed by atoms with E-state index in [1.807, 2.05) is 0 Å². The average Bonchev–Trinajstić information content (AvgIpc) is 2.28. The van der Waals surface area contributed by atoms with Crippen LogP contribution in [-0.4, -0.2) is 34.4 Å². The molecule has 18 heavy (non-hydrogen) atoms.